The lowest BCUT2D eigenvalue weighted by Crippen LogP contribution is -2.14. The Kier molecular flexibility index (Phi) is 4.87. The number of hydrogen-bond donors (Lipinski definition) is 3. The lowest BCUT2D eigenvalue weighted by atomic mass is 10.0. The Hall–Kier alpha value is -3.86. The van der Waals surface area contributed by atoms with Crippen LogP contribution in [0.4, 0.5) is 10.1 Å². The van der Waals surface area contributed by atoms with E-state index in [4.69, 9.17) is 0 Å². The first-order valence-corrected chi connectivity index (χ1v) is 9.09. The molecule has 4 nitrogen and oxygen atoms in total. The second-order valence-electron chi connectivity index (χ2n) is 6.76. The van der Waals surface area contributed by atoms with Crippen molar-refractivity contribution in [1.82, 2.24) is 0 Å². The molecule has 4 rings (SSSR count). The number of anilines is 1. The van der Waals surface area contributed by atoms with Gasteiger partial charge in [-0.05, 0) is 51.7 Å². The molecule has 5 heteroatoms. The number of nitrogens with one attached hydrogen (secondary N) is 1. The number of fused-ring (bicyclic) bond motifs is 1. The summed E-state index contributed by atoms with van der Waals surface area (Å²) in [7, 11) is 0. The highest BCUT2D eigenvalue weighted by atomic mass is 19.1. The summed E-state index contributed by atoms with van der Waals surface area (Å²) >= 11 is 0. The van der Waals surface area contributed by atoms with Gasteiger partial charge in [0.05, 0.1) is 12.1 Å². The largest absolute Gasteiger partial charge is 0.506 e. The number of hydrogen-bond acceptors (Lipinski definition) is 3. The van der Waals surface area contributed by atoms with Crippen LogP contribution < -0.4 is 5.32 Å². The first-order chi connectivity index (χ1) is 14.0. The van der Waals surface area contributed by atoms with E-state index in [1.54, 1.807) is 18.2 Å². The first kappa shape index (κ1) is 18.5. The summed E-state index contributed by atoms with van der Waals surface area (Å²) in [6.45, 7) is 0. The Balaban J connectivity index is 1.58. The number of carbonyl (C=O) groups is 1. The summed E-state index contributed by atoms with van der Waals surface area (Å²) in [5, 5.41) is 24.3. The lowest BCUT2D eigenvalue weighted by Gasteiger charge is -2.11. The van der Waals surface area contributed by atoms with Crippen LogP contribution in [0, 0.1) is 5.82 Å². The summed E-state index contributed by atoms with van der Waals surface area (Å²) in [5.74, 6) is -1.53. The van der Waals surface area contributed by atoms with Gasteiger partial charge in [0, 0.05) is 0 Å². The van der Waals surface area contributed by atoms with Crippen molar-refractivity contribution in [2.45, 2.75) is 6.42 Å². The van der Waals surface area contributed by atoms with Crippen molar-refractivity contribution in [3.63, 3.8) is 0 Å². The number of aromatic hydroxyl groups is 2. The molecule has 1 amide bonds. The molecule has 0 aliphatic heterocycles. The van der Waals surface area contributed by atoms with E-state index in [0.29, 0.717) is 11.1 Å². The molecular formula is C24H18FNO3. The van der Waals surface area contributed by atoms with Gasteiger partial charge in [0.25, 0.3) is 0 Å². The number of rotatable bonds is 4. The van der Waals surface area contributed by atoms with E-state index in [1.165, 1.54) is 18.2 Å². The van der Waals surface area contributed by atoms with Crippen LogP contribution in [0.5, 0.6) is 11.5 Å². The van der Waals surface area contributed by atoms with Gasteiger partial charge in [-0.2, -0.15) is 0 Å². The van der Waals surface area contributed by atoms with Gasteiger partial charge in [-0.15, -0.1) is 0 Å². The van der Waals surface area contributed by atoms with Crippen LogP contribution in [0.3, 0.4) is 0 Å². The maximum atomic E-state index is 13.7. The monoisotopic (exact) mass is 387 g/mol. The Morgan fingerprint density at radius 3 is 2.31 bits per heavy atom. The number of carbonyl (C=O) groups excluding carboxylic acids is 1. The number of halogens is 1. The number of phenols is 2. The van der Waals surface area contributed by atoms with Crippen molar-refractivity contribution < 1.29 is 19.4 Å². The number of amides is 1. The molecule has 0 aliphatic rings. The molecule has 0 bridgehead atoms. The SMILES string of the molecule is O=C(Cc1cccc2ccccc12)Nc1cc(-c2ccc(O)c(F)c2)ccc1O. The summed E-state index contributed by atoms with van der Waals surface area (Å²) in [4.78, 5) is 12.6. The van der Waals surface area contributed by atoms with Gasteiger partial charge in [0.15, 0.2) is 11.6 Å². The van der Waals surface area contributed by atoms with E-state index in [9.17, 15) is 19.4 Å². The molecule has 0 fully saturated rings. The average molecular weight is 387 g/mol. The quantitative estimate of drug-likeness (QED) is 0.420. The lowest BCUT2D eigenvalue weighted by molar-refractivity contribution is -0.115. The second kappa shape index (κ2) is 7.64. The minimum Gasteiger partial charge on any atom is -0.506 e. The fourth-order valence-corrected chi connectivity index (χ4v) is 3.32. The van der Waals surface area contributed by atoms with E-state index in [-0.39, 0.29) is 23.8 Å². The number of benzene rings is 4. The van der Waals surface area contributed by atoms with Crippen molar-refractivity contribution in [3.8, 4) is 22.6 Å². The predicted molar refractivity (Wildman–Crippen MR) is 111 cm³/mol. The fraction of sp³-hybridized carbons (Fsp3) is 0.0417. The van der Waals surface area contributed by atoms with Crippen LogP contribution in [0.25, 0.3) is 21.9 Å². The third kappa shape index (κ3) is 3.89. The highest BCUT2D eigenvalue weighted by Gasteiger charge is 2.12. The van der Waals surface area contributed by atoms with E-state index >= 15 is 0 Å². The predicted octanol–water partition coefficient (Wildman–Crippen LogP) is 5.24. The van der Waals surface area contributed by atoms with Gasteiger partial charge in [0.1, 0.15) is 5.75 Å². The van der Waals surface area contributed by atoms with Crippen LogP contribution in [-0.2, 0) is 11.2 Å². The normalized spacial score (nSPS) is 10.8. The van der Waals surface area contributed by atoms with E-state index in [0.717, 1.165) is 16.3 Å². The Morgan fingerprint density at radius 1 is 0.828 bits per heavy atom. The first-order valence-electron chi connectivity index (χ1n) is 9.09. The molecule has 4 aromatic rings. The molecule has 29 heavy (non-hydrogen) atoms. The van der Waals surface area contributed by atoms with E-state index < -0.39 is 11.6 Å². The molecule has 0 radical (unpaired) electrons. The van der Waals surface area contributed by atoms with Crippen LogP contribution in [0.2, 0.25) is 0 Å². The average Bonchev–Trinajstić information content (AvgIpc) is 2.72. The van der Waals surface area contributed by atoms with E-state index in [1.807, 2.05) is 42.5 Å². The fourth-order valence-electron chi connectivity index (χ4n) is 3.32. The minimum atomic E-state index is -0.739. The zero-order valence-corrected chi connectivity index (χ0v) is 15.4. The van der Waals surface area contributed by atoms with Crippen molar-refractivity contribution >= 4 is 22.4 Å². The van der Waals surface area contributed by atoms with Gasteiger partial charge in [-0.1, -0.05) is 54.6 Å². The Morgan fingerprint density at radius 2 is 1.52 bits per heavy atom. The van der Waals surface area contributed by atoms with E-state index in [2.05, 4.69) is 5.32 Å². The molecule has 0 unspecified atom stereocenters. The maximum Gasteiger partial charge on any atom is 0.228 e. The third-order valence-electron chi connectivity index (χ3n) is 4.78. The maximum absolute atomic E-state index is 13.7. The second-order valence-corrected chi connectivity index (χ2v) is 6.76. The Labute approximate surface area is 166 Å². The molecule has 0 saturated carbocycles. The molecular weight excluding hydrogens is 369 g/mol. The zero-order chi connectivity index (χ0) is 20.4. The van der Waals surface area contributed by atoms with Gasteiger partial charge >= 0.3 is 0 Å². The van der Waals surface area contributed by atoms with Gasteiger partial charge in [-0.3, -0.25) is 4.79 Å². The molecule has 3 N–H and O–H groups in total. The number of phenolic OH excluding ortho intramolecular Hbond substituents is 2. The van der Waals surface area contributed by atoms with Gasteiger partial charge < -0.3 is 15.5 Å². The third-order valence-corrected chi connectivity index (χ3v) is 4.78. The topological polar surface area (TPSA) is 69.6 Å². The zero-order valence-electron chi connectivity index (χ0n) is 15.4. The highest BCUT2D eigenvalue weighted by molar-refractivity contribution is 5.97. The molecule has 4 aromatic carbocycles. The molecule has 0 saturated heterocycles. The van der Waals surface area contributed by atoms with Crippen molar-refractivity contribution in [2.24, 2.45) is 0 Å². The summed E-state index contributed by atoms with van der Waals surface area (Å²) in [6, 6.07) is 22.3. The van der Waals surface area contributed by atoms with Gasteiger partial charge in [-0.25, -0.2) is 4.39 Å². The molecule has 0 aliphatic carbocycles. The molecule has 0 atom stereocenters. The van der Waals surface area contributed by atoms with Crippen LogP contribution in [0.1, 0.15) is 5.56 Å². The van der Waals surface area contributed by atoms with Crippen LogP contribution in [0.15, 0.2) is 78.9 Å². The van der Waals surface area contributed by atoms with Crippen molar-refractivity contribution in [3.05, 3.63) is 90.2 Å². The molecule has 0 heterocycles. The highest BCUT2D eigenvalue weighted by Crippen LogP contribution is 2.32. The Bertz CT molecular complexity index is 1210. The summed E-state index contributed by atoms with van der Waals surface area (Å²) in [5.41, 5.74) is 2.24. The van der Waals surface area contributed by atoms with Crippen LogP contribution >= 0.6 is 0 Å². The molecule has 0 aromatic heterocycles. The molecule has 0 spiro atoms. The molecule has 144 valence electrons. The summed E-state index contributed by atoms with van der Waals surface area (Å²) < 4.78 is 13.7. The van der Waals surface area contributed by atoms with Crippen LogP contribution in [-0.4, -0.2) is 16.1 Å². The van der Waals surface area contributed by atoms with Crippen molar-refractivity contribution in [2.75, 3.05) is 5.32 Å². The van der Waals surface area contributed by atoms with Gasteiger partial charge in [0.2, 0.25) is 5.91 Å². The smallest absolute Gasteiger partial charge is 0.228 e. The standard InChI is InChI=1S/C24H18FNO3/c25-20-12-16(8-10-22(20)27)17-9-11-23(28)21(13-17)26-24(29)14-18-6-3-5-15-4-1-2-7-19(15)18/h1-13,27-28H,14H2,(H,26,29). The summed E-state index contributed by atoms with van der Waals surface area (Å²) in [6.07, 6.45) is 0.152. The minimum absolute atomic E-state index is 0.0840. The van der Waals surface area contributed by atoms with Crippen molar-refractivity contribution in [1.29, 1.82) is 0 Å².